The lowest BCUT2D eigenvalue weighted by atomic mass is 9.82. The highest BCUT2D eigenvalue weighted by atomic mass is 32.1. The molecule has 0 radical (unpaired) electrons. The summed E-state index contributed by atoms with van der Waals surface area (Å²) >= 11 is 1.28. The Morgan fingerprint density at radius 2 is 1.47 bits per heavy atom. The number of hydroxylamine groups is 2. The summed E-state index contributed by atoms with van der Waals surface area (Å²) < 4.78 is 0. The molecule has 0 spiro atoms. The first-order valence-electron chi connectivity index (χ1n) is 20.0. The Kier molecular flexibility index (Phi) is 17.1. The van der Waals surface area contributed by atoms with Crippen LogP contribution in [0.5, 0.6) is 0 Å². The number of rotatable bonds is 13. The van der Waals surface area contributed by atoms with Crippen molar-refractivity contribution in [3.63, 3.8) is 0 Å². The van der Waals surface area contributed by atoms with Crippen LogP contribution in [-0.4, -0.2) is 102 Å². The number of nitrogens with zero attached hydrogens (tertiary/aromatic N) is 3. The van der Waals surface area contributed by atoms with E-state index in [-0.39, 0.29) is 24.1 Å². The highest BCUT2D eigenvalue weighted by Crippen LogP contribution is 2.27. The van der Waals surface area contributed by atoms with Gasteiger partial charge in [-0.25, -0.2) is 10.0 Å². The van der Waals surface area contributed by atoms with Gasteiger partial charge in [0.25, 0.3) is 0 Å². The van der Waals surface area contributed by atoms with Crippen LogP contribution >= 0.6 is 11.3 Å². The predicted molar refractivity (Wildman–Crippen MR) is 228 cm³/mol. The average molecular weight is 840 g/mol. The molecule has 59 heavy (non-hydrogen) atoms. The molecule has 1 aromatic carbocycles. The zero-order valence-electron chi connectivity index (χ0n) is 36.8. The molecule has 16 nitrogen and oxygen atoms in total. The second kappa shape index (κ2) is 20.9. The van der Waals surface area contributed by atoms with Crippen molar-refractivity contribution < 1.29 is 33.6 Å². The van der Waals surface area contributed by atoms with Gasteiger partial charge in [0.05, 0.1) is 25.6 Å². The van der Waals surface area contributed by atoms with Crippen LogP contribution in [0.2, 0.25) is 0 Å². The van der Waals surface area contributed by atoms with Crippen molar-refractivity contribution in [2.24, 2.45) is 27.7 Å². The normalized spacial score (nSPS) is 20.4. The van der Waals surface area contributed by atoms with Gasteiger partial charge >= 0.3 is 0 Å². The minimum absolute atomic E-state index is 0.150. The standard InChI is InChI=1S/C42H65N9O7S/c1-23(2)30-36(54)47-31(24(3)4)37(55)50-33(41(6,7)8)35(44-22-28(52)46-30)49-34(42(9,10)11)39(57)48-32(25(5)26-17-15-14-16-18-26)38(56)45-27(40-43-19-20-59-40)21-29(53)51(12)58-13/h14-20,23-25,27,30-34H,21-22H2,1-13H3,(H,44,49)(H,45,56)(H,46,52)(H,47,54)(H,48,57)(H,50,55)/t25-,27+,30-,31-,32?,33+,34+/m0/s1. The maximum absolute atomic E-state index is 14.8. The molecule has 0 saturated carbocycles. The Morgan fingerprint density at radius 1 is 0.881 bits per heavy atom. The molecule has 6 amide bonds. The minimum Gasteiger partial charge on any atom is -0.360 e. The molecule has 1 unspecified atom stereocenters. The smallest absolute Gasteiger partial charge is 0.248 e. The van der Waals surface area contributed by atoms with Gasteiger partial charge in [0.15, 0.2) is 0 Å². The number of hydrogen-bond donors (Lipinski definition) is 6. The summed E-state index contributed by atoms with van der Waals surface area (Å²) in [5, 5.41) is 21.3. The number of amidine groups is 1. The molecule has 1 aliphatic heterocycles. The van der Waals surface area contributed by atoms with Gasteiger partial charge in [-0.2, -0.15) is 0 Å². The van der Waals surface area contributed by atoms with Crippen LogP contribution in [0.25, 0.3) is 0 Å². The van der Waals surface area contributed by atoms with E-state index in [4.69, 9.17) is 9.83 Å². The van der Waals surface area contributed by atoms with Crippen molar-refractivity contribution >= 4 is 52.6 Å². The summed E-state index contributed by atoms with van der Waals surface area (Å²) in [6.07, 6.45) is 1.43. The monoisotopic (exact) mass is 839 g/mol. The number of hydrogen-bond acceptors (Lipinski definition) is 11. The summed E-state index contributed by atoms with van der Waals surface area (Å²) in [6.45, 7) is 19.9. The summed E-state index contributed by atoms with van der Waals surface area (Å²) in [5.41, 5.74) is -0.748. The van der Waals surface area contributed by atoms with Crippen LogP contribution in [0.15, 0.2) is 46.9 Å². The van der Waals surface area contributed by atoms with Gasteiger partial charge in [-0.1, -0.05) is 106 Å². The molecule has 2 heterocycles. The van der Waals surface area contributed by atoms with Crippen LogP contribution in [0.3, 0.4) is 0 Å². The zero-order chi connectivity index (χ0) is 44.4. The predicted octanol–water partition coefficient (Wildman–Crippen LogP) is 3.23. The lowest BCUT2D eigenvalue weighted by Gasteiger charge is -2.39. The van der Waals surface area contributed by atoms with Gasteiger partial charge < -0.3 is 31.9 Å². The number of aliphatic imine (C=N–C) groups is 1. The summed E-state index contributed by atoms with van der Waals surface area (Å²) in [6, 6.07) is 3.53. The van der Waals surface area contributed by atoms with Crippen molar-refractivity contribution in [2.75, 3.05) is 20.7 Å². The number of amides is 6. The van der Waals surface area contributed by atoms with E-state index in [1.807, 2.05) is 92.6 Å². The number of benzene rings is 1. The van der Waals surface area contributed by atoms with Crippen molar-refractivity contribution in [3.8, 4) is 0 Å². The first-order chi connectivity index (χ1) is 27.5. The fraction of sp³-hybridized carbons (Fsp3) is 0.619. The first kappa shape index (κ1) is 48.5. The summed E-state index contributed by atoms with van der Waals surface area (Å²) in [5.74, 6) is -3.90. The summed E-state index contributed by atoms with van der Waals surface area (Å²) in [4.78, 5) is 97.2. The van der Waals surface area contributed by atoms with E-state index in [2.05, 4.69) is 36.9 Å². The fourth-order valence-electron chi connectivity index (χ4n) is 6.54. The van der Waals surface area contributed by atoms with Gasteiger partial charge in [0.1, 0.15) is 41.6 Å². The molecule has 0 fully saturated rings. The summed E-state index contributed by atoms with van der Waals surface area (Å²) in [7, 11) is 2.84. The van der Waals surface area contributed by atoms with E-state index >= 15 is 0 Å². The molecule has 0 aliphatic carbocycles. The Bertz CT molecular complexity index is 1790. The van der Waals surface area contributed by atoms with Gasteiger partial charge in [-0.05, 0) is 28.2 Å². The third-order valence-corrected chi connectivity index (χ3v) is 11.1. The number of nitrogens with one attached hydrogen (secondary N) is 6. The Balaban J connectivity index is 2.10. The molecule has 6 N–H and O–H groups in total. The largest absolute Gasteiger partial charge is 0.360 e. The van der Waals surface area contributed by atoms with Gasteiger partial charge in [0.2, 0.25) is 35.4 Å². The van der Waals surface area contributed by atoms with Crippen molar-refractivity contribution in [1.82, 2.24) is 41.9 Å². The lowest BCUT2D eigenvalue weighted by molar-refractivity contribution is -0.169. The zero-order valence-corrected chi connectivity index (χ0v) is 37.6. The Hall–Kier alpha value is -4.90. The van der Waals surface area contributed by atoms with Gasteiger partial charge in [-0.15, -0.1) is 11.3 Å². The number of aromatic nitrogens is 1. The second-order valence-electron chi connectivity index (χ2n) is 17.9. The third kappa shape index (κ3) is 13.6. The average Bonchev–Trinajstić information content (AvgIpc) is 3.70. The molecule has 2 aromatic rings. The second-order valence-corrected chi connectivity index (χ2v) is 18.8. The molecule has 1 aromatic heterocycles. The van der Waals surface area contributed by atoms with Gasteiger partial charge in [-0.3, -0.25) is 38.6 Å². The van der Waals surface area contributed by atoms with Crippen LogP contribution in [-0.2, 0) is 33.6 Å². The molecular formula is C42H65N9O7S. The van der Waals surface area contributed by atoms with Crippen molar-refractivity contribution in [3.05, 3.63) is 52.5 Å². The maximum atomic E-state index is 14.8. The lowest BCUT2D eigenvalue weighted by Crippen LogP contribution is -2.65. The van der Waals surface area contributed by atoms with Crippen molar-refractivity contribution in [1.29, 1.82) is 0 Å². The molecular weight excluding hydrogens is 775 g/mol. The SMILES string of the molecule is CON(C)C(=O)C[C@@H](NC(=O)C(NC(=O)[C@@H](NC1=NCC(=O)N[C@@H](C(C)C)C(=O)N[C@@H](C(C)C)C(=O)N[C@H]1C(C)(C)C)C(C)(C)C)[C@@H](C)c1ccccc1)c1nccs1. The molecule has 0 bridgehead atoms. The first-order valence-corrected chi connectivity index (χ1v) is 20.9. The van der Waals surface area contributed by atoms with Crippen LogP contribution < -0.4 is 31.9 Å². The molecule has 3 rings (SSSR count). The topological polar surface area (TPSA) is 212 Å². The van der Waals surface area contributed by atoms with Crippen LogP contribution in [0.4, 0.5) is 0 Å². The molecule has 1 aliphatic rings. The van der Waals surface area contributed by atoms with Crippen LogP contribution in [0.1, 0.15) is 105 Å². The van der Waals surface area contributed by atoms with Gasteiger partial charge in [0, 0.05) is 24.5 Å². The Labute approximate surface area is 352 Å². The highest BCUT2D eigenvalue weighted by molar-refractivity contribution is 7.09. The Morgan fingerprint density at radius 3 is 2.00 bits per heavy atom. The molecule has 0 saturated heterocycles. The number of carbonyl (C=O) groups is 6. The number of carbonyl (C=O) groups excluding carboxylic acids is 6. The quantitative estimate of drug-likeness (QED) is 0.163. The third-order valence-electron chi connectivity index (χ3n) is 10.2. The van der Waals surface area contributed by atoms with E-state index in [0.29, 0.717) is 5.01 Å². The molecule has 326 valence electrons. The van der Waals surface area contributed by atoms with Crippen molar-refractivity contribution in [2.45, 2.75) is 125 Å². The minimum atomic E-state index is -1.14. The maximum Gasteiger partial charge on any atom is 0.248 e. The molecule has 17 heteroatoms. The van der Waals surface area contributed by atoms with E-state index in [1.54, 1.807) is 25.4 Å². The van der Waals surface area contributed by atoms with Crippen LogP contribution in [0, 0.1) is 22.7 Å². The fourth-order valence-corrected chi connectivity index (χ4v) is 7.23. The number of thiazole rings is 1. The van der Waals surface area contributed by atoms with E-state index in [1.165, 1.54) is 25.5 Å². The van der Waals surface area contributed by atoms with E-state index < -0.39 is 95.0 Å². The highest BCUT2D eigenvalue weighted by Gasteiger charge is 2.42. The van der Waals surface area contributed by atoms with E-state index in [0.717, 1.165) is 10.6 Å². The molecule has 7 atom stereocenters. The van der Waals surface area contributed by atoms with E-state index in [9.17, 15) is 28.8 Å².